The van der Waals surface area contributed by atoms with E-state index in [0.717, 1.165) is 16.3 Å². The zero-order valence-electron chi connectivity index (χ0n) is 16.9. The van der Waals surface area contributed by atoms with Gasteiger partial charge in [0, 0.05) is 5.02 Å². The second-order valence-electron chi connectivity index (χ2n) is 6.43. The van der Waals surface area contributed by atoms with Crippen LogP contribution in [0.5, 0.6) is 11.5 Å². The van der Waals surface area contributed by atoms with Gasteiger partial charge in [-0.1, -0.05) is 35.1 Å². The van der Waals surface area contributed by atoms with Crippen molar-refractivity contribution in [3.05, 3.63) is 69.2 Å². The van der Waals surface area contributed by atoms with Crippen LogP contribution in [-0.2, 0) is 4.79 Å². The minimum Gasteiger partial charge on any atom is -0.490 e. The molecule has 0 atom stereocenters. The highest BCUT2D eigenvalue weighted by atomic mass is 35.5. The van der Waals surface area contributed by atoms with Gasteiger partial charge in [0.1, 0.15) is 41.4 Å². The molecule has 1 heterocycles. The molecule has 0 spiro atoms. The quantitative estimate of drug-likeness (QED) is 0.298. The number of hydrogen-bond donors (Lipinski definition) is 1. The van der Waals surface area contributed by atoms with Crippen molar-refractivity contribution in [2.24, 2.45) is 0 Å². The maximum Gasteiger partial charge on any atom is 0.268 e. The Kier molecular flexibility index (Phi) is 7.60. The lowest BCUT2D eigenvalue weighted by Gasteiger charge is -2.09. The maximum absolute atomic E-state index is 12.2. The largest absolute Gasteiger partial charge is 0.490 e. The van der Waals surface area contributed by atoms with Gasteiger partial charge in [0.05, 0.1) is 0 Å². The number of aryl methyl sites for hydroxylation is 2. The predicted octanol–water partition coefficient (Wildman–Crippen LogP) is 4.81. The van der Waals surface area contributed by atoms with E-state index >= 15 is 0 Å². The van der Waals surface area contributed by atoms with Crippen LogP contribution >= 0.6 is 22.9 Å². The number of amides is 1. The van der Waals surface area contributed by atoms with Crippen LogP contribution in [0.2, 0.25) is 5.02 Å². The first kappa shape index (κ1) is 22.3. The molecular formula is C22H19ClN4O3S. The molecule has 0 aliphatic rings. The highest BCUT2D eigenvalue weighted by molar-refractivity contribution is 7.15. The van der Waals surface area contributed by atoms with Gasteiger partial charge < -0.3 is 9.47 Å². The summed E-state index contributed by atoms with van der Waals surface area (Å²) < 4.78 is 11.3. The Hall–Kier alpha value is -3.41. The van der Waals surface area contributed by atoms with Crippen molar-refractivity contribution in [2.45, 2.75) is 13.8 Å². The van der Waals surface area contributed by atoms with Gasteiger partial charge in [-0.05, 0) is 61.4 Å². The number of halogens is 1. The molecule has 0 aliphatic carbocycles. The van der Waals surface area contributed by atoms with Gasteiger partial charge in [-0.3, -0.25) is 10.1 Å². The monoisotopic (exact) mass is 454 g/mol. The van der Waals surface area contributed by atoms with Crippen LogP contribution in [0.25, 0.3) is 6.08 Å². The van der Waals surface area contributed by atoms with E-state index in [1.54, 1.807) is 37.3 Å². The van der Waals surface area contributed by atoms with Crippen LogP contribution < -0.4 is 14.8 Å². The standard InChI is InChI=1S/C22H19ClN4O3S/c1-14-11-19(7-8-20(14)23)30-10-9-29-18-5-3-16(4-6-18)12-17(13-24)21(28)25-22-27-26-15(2)31-22/h3-8,11-12H,9-10H2,1-2H3,(H,25,27,28)/b17-12-. The topological polar surface area (TPSA) is 97.1 Å². The number of hydrogen-bond acceptors (Lipinski definition) is 7. The fourth-order valence-electron chi connectivity index (χ4n) is 2.51. The first-order valence-electron chi connectivity index (χ1n) is 9.29. The molecule has 0 saturated carbocycles. The van der Waals surface area contributed by atoms with Crippen molar-refractivity contribution in [2.75, 3.05) is 18.5 Å². The lowest BCUT2D eigenvalue weighted by molar-refractivity contribution is -0.112. The van der Waals surface area contributed by atoms with Crippen LogP contribution in [-0.4, -0.2) is 29.3 Å². The van der Waals surface area contributed by atoms with E-state index in [1.165, 1.54) is 17.4 Å². The van der Waals surface area contributed by atoms with Crippen molar-refractivity contribution < 1.29 is 14.3 Å². The van der Waals surface area contributed by atoms with Crippen molar-refractivity contribution >= 4 is 40.1 Å². The van der Waals surface area contributed by atoms with Crippen LogP contribution in [0.4, 0.5) is 5.13 Å². The van der Waals surface area contributed by atoms with Crippen LogP contribution in [0.15, 0.2) is 48.0 Å². The van der Waals surface area contributed by atoms with E-state index in [4.69, 9.17) is 21.1 Å². The zero-order chi connectivity index (χ0) is 22.2. The van der Waals surface area contributed by atoms with Crippen molar-refractivity contribution in [3.63, 3.8) is 0 Å². The summed E-state index contributed by atoms with van der Waals surface area (Å²) in [6, 6.07) is 14.4. The molecule has 2 aromatic carbocycles. The molecule has 1 N–H and O–H groups in total. The molecule has 0 fully saturated rings. The summed E-state index contributed by atoms with van der Waals surface area (Å²) in [7, 11) is 0. The Labute approximate surface area is 188 Å². The summed E-state index contributed by atoms with van der Waals surface area (Å²) >= 11 is 7.24. The van der Waals surface area contributed by atoms with E-state index in [1.807, 2.05) is 25.1 Å². The highest BCUT2D eigenvalue weighted by Gasteiger charge is 2.12. The Bertz CT molecular complexity index is 1140. The molecule has 158 valence electrons. The number of benzene rings is 2. The summed E-state index contributed by atoms with van der Waals surface area (Å²) in [4.78, 5) is 12.2. The van der Waals surface area contributed by atoms with Gasteiger partial charge in [0.15, 0.2) is 0 Å². The number of nitrogens with zero attached hydrogens (tertiary/aromatic N) is 3. The van der Waals surface area contributed by atoms with E-state index < -0.39 is 5.91 Å². The molecule has 7 nitrogen and oxygen atoms in total. The number of anilines is 1. The van der Waals surface area contributed by atoms with E-state index in [9.17, 15) is 10.1 Å². The fourth-order valence-corrected chi connectivity index (χ4v) is 3.22. The van der Waals surface area contributed by atoms with Crippen LogP contribution in [0, 0.1) is 25.2 Å². The third-order valence-electron chi connectivity index (χ3n) is 4.05. The van der Waals surface area contributed by atoms with Crippen LogP contribution in [0.3, 0.4) is 0 Å². The normalized spacial score (nSPS) is 11.0. The Morgan fingerprint density at radius 3 is 2.42 bits per heavy atom. The second-order valence-corrected chi connectivity index (χ2v) is 8.02. The van der Waals surface area contributed by atoms with Crippen molar-refractivity contribution in [1.82, 2.24) is 10.2 Å². The molecule has 1 amide bonds. The second kappa shape index (κ2) is 10.6. The molecule has 0 radical (unpaired) electrons. The lowest BCUT2D eigenvalue weighted by Crippen LogP contribution is -2.13. The molecule has 0 saturated heterocycles. The van der Waals surface area contributed by atoms with Gasteiger partial charge in [-0.2, -0.15) is 5.26 Å². The maximum atomic E-state index is 12.2. The third kappa shape index (κ3) is 6.54. The SMILES string of the molecule is Cc1nnc(NC(=O)/C(C#N)=C\c2ccc(OCCOc3ccc(Cl)c(C)c3)cc2)s1. The van der Waals surface area contributed by atoms with Gasteiger partial charge in [0.2, 0.25) is 5.13 Å². The summed E-state index contributed by atoms with van der Waals surface area (Å²) in [6.07, 6.45) is 1.50. The molecule has 0 unspecified atom stereocenters. The summed E-state index contributed by atoms with van der Waals surface area (Å²) in [5, 5.41) is 21.3. The van der Waals surface area contributed by atoms with Crippen molar-refractivity contribution in [3.8, 4) is 17.6 Å². The molecule has 3 rings (SSSR count). The van der Waals surface area contributed by atoms with Crippen LogP contribution in [0.1, 0.15) is 16.1 Å². The number of rotatable bonds is 8. The van der Waals surface area contributed by atoms with E-state index in [2.05, 4.69) is 15.5 Å². The van der Waals surface area contributed by atoms with Gasteiger partial charge >= 0.3 is 0 Å². The number of nitriles is 1. The van der Waals surface area contributed by atoms with E-state index in [0.29, 0.717) is 34.7 Å². The molecule has 0 bridgehead atoms. The molecule has 9 heteroatoms. The molecule has 0 aliphatic heterocycles. The Morgan fingerprint density at radius 1 is 1.13 bits per heavy atom. The summed E-state index contributed by atoms with van der Waals surface area (Å²) in [5.74, 6) is 0.853. The number of ether oxygens (including phenoxy) is 2. The molecule has 31 heavy (non-hydrogen) atoms. The van der Waals surface area contributed by atoms with E-state index in [-0.39, 0.29) is 5.57 Å². The Balaban J connectivity index is 1.51. The summed E-state index contributed by atoms with van der Waals surface area (Å²) in [5.41, 5.74) is 1.61. The average molecular weight is 455 g/mol. The predicted molar refractivity (Wildman–Crippen MR) is 120 cm³/mol. The summed E-state index contributed by atoms with van der Waals surface area (Å²) in [6.45, 7) is 4.44. The minimum atomic E-state index is -0.534. The zero-order valence-corrected chi connectivity index (χ0v) is 18.5. The van der Waals surface area contributed by atoms with Gasteiger partial charge in [0.25, 0.3) is 5.91 Å². The molecule has 1 aromatic heterocycles. The van der Waals surface area contributed by atoms with Gasteiger partial charge in [-0.25, -0.2) is 0 Å². The number of carbonyl (C=O) groups excluding carboxylic acids is 1. The minimum absolute atomic E-state index is 0.0341. The third-order valence-corrected chi connectivity index (χ3v) is 5.23. The number of aromatic nitrogens is 2. The van der Waals surface area contributed by atoms with Gasteiger partial charge in [-0.15, -0.1) is 10.2 Å². The Morgan fingerprint density at radius 2 is 1.81 bits per heavy atom. The lowest BCUT2D eigenvalue weighted by atomic mass is 10.1. The van der Waals surface area contributed by atoms with Crippen molar-refractivity contribution in [1.29, 1.82) is 5.26 Å². The first-order valence-corrected chi connectivity index (χ1v) is 10.5. The average Bonchev–Trinajstić information content (AvgIpc) is 3.17. The fraction of sp³-hybridized carbons (Fsp3) is 0.182. The number of carbonyl (C=O) groups is 1. The highest BCUT2D eigenvalue weighted by Crippen LogP contribution is 2.21. The molecular weight excluding hydrogens is 436 g/mol. The smallest absolute Gasteiger partial charge is 0.268 e. The number of nitrogens with one attached hydrogen (secondary N) is 1. The molecule has 3 aromatic rings. The first-order chi connectivity index (χ1) is 14.9.